The number of aryl methyl sites for hydroxylation is 1. The zero-order valence-corrected chi connectivity index (χ0v) is 15.5. The van der Waals surface area contributed by atoms with Gasteiger partial charge in [0.05, 0.1) is 5.75 Å². The Morgan fingerprint density at radius 3 is 2.40 bits per heavy atom. The second kappa shape index (κ2) is 8.32. The number of carbonyl (C=O) groups excluding carboxylic acids is 1. The van der Waals surface area contributed by atoms with E-state index < -0.39 is 9.84 Å². The molecule has 1 aliphatic heterocycles. The molecule has 138 valence electrons. The van der Waals surface area contributed by atoms with Crippen LogP contribution in [-0.4, -0.2) is 55.9 Å². The number of carbonyl (C=O) groups is 1. The molecule has 0 bridgehead atoms. The monoisotopic (exact) mass is 364 g/mol. The third-order valence-electron chi connectivity index (χ3n) is 5.07. The predicted molar refractivity (Wildman–Crippen MR) is 99.2 cm³/mol. The van der Waals surface area contributed by atoms with Crippen LogP contribution >= 0.6 is 0 Å². The van der Waals surface area contributed by atoms with Crippen LogP contribution in [0.25, 0.3) is 0 Å². The molecule has 1 saturated carbocycles. The zero-order chi connectivity index (χ0) is 17.7. The van der Waals surface area contributed by atoms with E-state index in [1.165, 1.54) is 12.8 Å². The molecule has 1 aromatic rings. The molecule has 1 N–H and O–H groups in total. The van der Waals surface area contributed by atoms with E-state index in [0.29, 0.717) is 6.42 Å². The highest BCUT2D eigenvalue weighted by Gasteiger charge is 2.32. The van der Waals surface area contributed by atoms with Gasteiger partial charge in [-0.05, 0) is 44.1 Å². The minimum absolute atomic E-state index is 0.0649. The van der Waals surface area contributed by atoms with Gasteiger partial charge in [-0.25, -0.2) is 8.42 Å². The normalized spacial score (nSPS) is 19.7. The van der Waals surface area contributed by atoms with Crippen molar-refractivity contribution in [2.45, 2.75) is 50.6 Å². The van der Waals surface area contributed by atoms with Crippen molar-refractivity contribution >= 4 is 15.7 Å². The van der Waals surface area contributed by atoms with Crippen molar-refractivity contribution in [1.82, 2.24) is 10.2 Å². The van der Waals surface area contributed by atoms with Gasteiger partial charge in [-0.15, -0.1) is 0 Å². The Morgan fingerprint density at radius 2 is 1.76 bits per heavy atom. The molecule has 5 nitrogen and oxygen atoms in total. The van der Waals surface area contributed by atoms with Gasteiger partial charge in [-0.3, -0.25) is 4.79 Å². The van der Waals surface area contributed by atoms with Crippen LogP contribution in [0, 0.1) is 0 Å². The molecule has 1 aliphatic carbocycles. The van der Waals surface area contributed by atoms with E-state index in [1.807, 2.05) is 30.3 Å². The third-order valence-corrected chi connectivity index (χ3v) is 6.69. The molecular formula is C19H28N2O3S. The highest BCUT2D eigenvalue weighted by molar-refractivity contribution is 7.92. The quantitative estimate of drug-likeness (QED) is 0.764. The lowest BCUT2D eigenvalue weighted by atomic mass is 10.1. The average Bonchev–Trinajstić information content (AvgIpc) is 3.41. The first-order valence-electron chi connectivity index (χ1n) is 9.29. The Kier molecular flexibility index (Phi) is 6.12. The molecule has 1 amide bonds. The summed E-state index contributed by atoms with van der Waals surface area (Å²) in [5.74, 6) is -0.662. The molecule has 2 fully saturated rings. The Bertz CT molecular complexity index is 663. The number of nitrogens with one attached hydrogen (secondary N) is 1. The van der Waals surface area contributed by atoms with Crippen molar-refractivity contribution in [2.24, 2.45) is 0 Å². The first-order chi connectivity index (χ1) is 12.0. The molecule has 0 unspecified atom stereocenters. The van der Waals surface area contributed by atoms with Crippen molar-refractivity contribution in [2.75, 3.05) is 24.6 Å². The number of benzene rings is 1. The fourth-order valence-corrected chi connectivity index (χ4v) is 4.74. The molecule has 6 heteroatoms. The maximum atomic E-state index is 12.2. The van der Waals surface area contributed by atoms with Gasteiger partial charge in [-0.1, -0.05) is 30.3 Å². The molecule has 25 heavy (non-hydrogen) atoms. The Balaban J connectivity index is 1.36. The van der Waals surface area contributed by atoms with E-state index >= 15 is 0 Å². The number of piperidine rings is 1. The van der Waals surface area contributed by atoms with Crippen LogP contribution in [0.1, 0.15) is 37.7 Å². The van der Waals surface area contributed by atoms with Gasteiger partial charge in [0.2, 0.25) is 5.91 Å². The highest BCUT2D eigenvalue weighted by Crippen LogP contribution is 2.29. The molecule has 1 aromatic carbocycles. The number of nitrogens with zero attached hydrogens (tertiary/aromatic N) is 1. The molecular weight excluding hydrogens is 336 g/mol. The van der Waals surface area contributed by atoms with E-state index in [1.54, 1.807) is 0 Å². The first kappa shape index (κ1) is 18.4. The number of hydrogen-bond donors (Lipinski definition) is 1. The predicted octanol–water partition coefficient (Wildman–Crippen LogP) is 1.78. The largest absolute Gasteiger partial charge is 0.352 e. The Hall–Kier alpha value is -1.40. The molecule has 0 spiro atoms. The van der Waals surface area contributed by atoms with E-state index in [2.05, 4.69) is 10.2 Å². The number of amides is 1. The molecule has 1 saturated heterocycles. The van der Waals surface area contributed by atoms with Crippen LogP contribution in [0.5, 0.6) is 0 Å². The fourth-order valence-electron chi connectivity index (χ4n) is 3.53. The minimum Gasteiger partial charge on any atom is -0.352 e. The van der Waals surface area contributed by atoms with Gasteiger partial charge in [0, 0.05) is 25.2 Å². The molecule has 1 heterocycles. The summed E-state index contributed by atoms with van der Waals surface area (Å²) in [6, 6.07) is 10.7. The Morgan fingerprint density at radius 1 is 1.08 bits per heavy atom. The molecule has 2 aliphatic rings. The third kappa shape index (κ3) is 6.12. The second-order valence-corrected chi connectivity index (χ2v) is 9.47. The second-order valence-electron chi connectivity index (χ2n) is 7.29. The summed E-state index contributed by atoms with van der Waals surface area (Å²) < 4.78 is 24.3. The van der Waals surface area contributed by atoms with Crippen molar-refractivity contribution < 1.29 is 13.2 Å². The number of likely N-dealkylation sites (tertiary alicyclic amines) is 1. The summed E-state index contributed by atoms with van der Waals surface area (Å²) in [5.41, 5.74) is 1.13. The van der Waals surface area contributed by atoms with E-state index in [0.717, 1.165) is 44.0 Å². The summed E-state index contributed by atoms with van der Waals surface area (Å²) >= 11 is 0. The van der Waals surface area contributed by atoms with E-state index in [9.17, 15) is 13.2 Å². The van der Waals surface area contributed by atoms with Crippen molar-refractivity contribution in [3.8, 4) is 0 Å². The van der Waals surface area contributed by atoms with Crippen LogP contribution in [-0.2, 0) is 21.1 Å². The number of hydrogen-bond acceptors (Lipinski definition) is 4. The highest BCUT2D eigenvalue weighted by atomic mass is 32.2. The summed E-state index contributed by atoms with van der Waals surface area (Å²) in [4.78, 5) is 14.6. The van der Waals surface area contributed by atoms with Crippen molar-refractivity contribution in [3.05, 3.63) is 35.9 Å². The molecule has 3 rings (SSSR count). The van der Waals surface area contributed by atoms with Crippen molar-refractivity contribution in [3.63, 3.8) is 0 Å². The van der Waals surface area contributed by atoms with Crippen LogP contribution in [0.15, 0.2) is 30.3 Å². The van der Waals surface area contributed by atoms with Crippen molar-refractivity contribution in [1.29, 1.82) is 0 Å². The number of rotatable bonds is 8. The molecule has 0 radical (unpaired) electrons. The van der Waals surface area contributed by atoms with Gasteiger partial charge in [0.1, 0.15) is 5.75 Å². The lowest BCUT2D eigenvalue weighted by Gasteiger charge is -2.32. The smallest absolute Gasteiger partial charge is 0.235 e. The summed E-state index contributed by atoms with van der Waals surface area (Å²) in [6.45, 7) is 2.03. The maximum absolute atomic E-state index is 12.2. The minimum atomic E-state index is -3.34. The van der Waals surface area contributed by atoms with Gasteiger partial charge < -0.3 is 10.2 Å². The van der Waals surface area contributed by atoms with Crippen LogP contribution in [0.4, 0.5) is 0 Å². The first-order valence-corrected chi connectivity index (χ1v) is 11.1. The van der Waals surface area contributed by atoms with Gasteiger partial charge in [0.25, 0.3) is 0 Å². The molecule has 0 aromatic heterocycles. The van der Waals surface area contributed by atoms with E-state index in [4.69, 9.17) is 0 Å². The van der Waals surface area contributed by atoms with Crippen LogP contribution < -0.4 is 5.32 Å². The molecule has 0 atom stereocenters. The Labute approximate surface area is 150 Å². The SMILES string of the molecule is O=C(CS(=O)(=O)CCCc1ccccc1)NC1CCN(C2CC2)CC1. The average molecular weight is 365 g/mol. The standard InChI is InChI=1S/C19H28N2O3S/c22-19(20-17-10-12-21(13-11-17)18-8-9-18)15-25(23,24)14-4-7-16-5-2-1-3-6-16/h1-3,5-6,17-18H,4,7-15H2,(H,20,22). The van der Waals surface area contributed by atoms with Crippen LogP contribution in [0.2, 0.25) is 0 Å². The maximum Gasteiger partial charge on any atom is 0.235 e. The van der Waals surface area contributed by atoms with Gasteiger partial charge in [0.15, 0.2) is 9.84 Å². The summed E-state index contributed by atoms with van der Waals surface area (Å²) in [6.07, 6.45) is 5.74. The fraction of sp³-hybridized carbons (Fsp3) is 0.632. The lowest BCUT2D eigenvalue weighted by Crippen LogP contribution is -2.46. The summed E-state index contributed by atoms with van der Waals surface area (Å²) in [5, 5.41) is 2.92. The zero-order valence-electron chi connectivity index (χ0n) is 14.7. The van der Waals surface area contributed by atoms with Crippen LogP contribution in [0.3, 0.4) is 0 Å². The number of sulfone groups is 1. The van der Waals surface area contributed by atoms with E-state index in [-0.39, 0.29) is 23.5 Å². The van der Waals surface area contributed by atoms with Gasteiger partial charge in [-0.2, -0.15) is 0 Å². The van der Waals surface area contributed by atoms with Gasteiger partial charge >= 0.3 is 0 Å². The lowest BCUT2D eigenvalue weighted by molar-refractivity contribution is -0.119. The summed E-state index contributed by atoms with van der Waals surface area (Å²) in [7, 11) is -3.34. The topological polar surface area (TPSA) is 66.5 Å².